The topological polar surface area (TPSA) is 95.0 Å². The van der Waals surface area contributed by atoms with E-state index in [4.69, 9.17) is 25.8 Å². The SMILES string of the molecule is CCC(CC)[C@@H](Oc1ccccc1Cl)[C@H](C)OC(=O)[C@H](C)CC(=O)c1nccc(OC)c1O. The molecule has 7 nitrogen and oxygen atoms in total. The van der Waals surface area contributed by atoms with Gasteiger partial charge in [-0.1, -0.05) is 44.5 Å². The molecule has 180 valence electrons. The Morgan fingerprint density at radius 1 is 1.09 bits per heavy atom. The van der Waals surface area contributed by atoms with E-state index in [1.165, 1.54) is 19.4 Å². The normalized spacial score (nSPS) is 13.8. The van der Waals surface area contributed by atoms with Gasteiger partial charge in [0.25, 0.3) is 0 Å². The van der Waals surface area contributed by atoms with Crippen molar-refractivity contribution in [2.45, 2.75) is 59.2 Å². The van der Waals surface area contributed by atoms with Crippen LogP contribution < -0.4 is 9.47 Å². The van der Waals surface area contributed by atoms with Crippen LogP contribution in [0.4, 0.5) is 0 Å². The van der Waals surface area contributed by atoms with Crippen LogP contribution in [0.5, 0.6) is 17.2 Å². The van der Waals surface area contributed by atoms with Crippen molar-refractivity contribution in [3.63, 3.8) is 0 Å². The van der Waals surface area contributed by atoms with Crippen LogP contribution in [0.2, 0.25) is 5.02 Å². The zero-order valence-corrected chi connectivity index (χ0v) is 20.5. The van der Waals surface area contributed by atoms with Crippen LogP contribution in [0.25, 0.3) is 0 Å². The molecule has 1 heterocycles. The number of aromatic hydroxyl groups is 1. The number of carbonyl (C=O) groups excluding carboxylic acids is 2. The molecule has 0 bridgehead atoms. The summed E-state index contributed by atoms with van der Waals surface area (Å²) in [5.41, 5.74) is -0.140. The molecule has 2 rings (SSSR count). The second kappa shape index (κ2) is 12.4. The molecule has 3 atom stereocenters. The van der Waals surface area contributed by atoms with Crippen LogP contribution in [-0.4, -0.2) is 41.2 Å². The van der Waals surface area contributed by atoms with Gasteiger partial charge in [-0.2, -0.15) is 0 Å². The van der Waals surface area contributed by atoms with Gasteiger partial charge in [0.1, 0.15) is 18.0 Å². The van der Waals surface area contributed by atoms with E-state index in [0.29, 0.717) is 10.8 Å². The number of ether oxygens (including phenoxy) is 3. The minimum Gasteiger partial charge on any atom is -0.503 e. The lowest BCUT2D eigenvalue weighted by Gasteiger charge is -2.31. The number of nitrogens with zero attached hydrogens (tertiary/aromatic N) is 1. The van der Waals surface area contributed by atoms with Gasteiger partial charge in [0.05, 0.1) is 18.1 Å². The summed E-state index contributed by atoms with van der Waals surface area (Å²) in [6, 6.07) is 8.62. The Hall–Kier alpha value is -2.80. The van der Waals surface area contributed by atoms with Gasteiger partial charge >= 0.3 is 5.97 Å². The number of Topliss-reactive ketones (excluding diaryl/α,β-unsaturated/α-hetero) is 1. The van der Waals surface area contributed by atoms with Gasteiger partial charge in [0, 0.05) is 18.7 Å². The molecule has 0 fully saturated rings. The third kappa shape index (κ3) is 6.84. The molecule has 0 aliphatic carbocycles. The molecule has 0 amide bonds. The van der Waals surface area contributed by atoms with E-state index < -0.39 is 29.9 Å². The van der Waals surface area contributed by atoms with Gasteiger partial charge < -0.3 is 19.3 Å². The van der Waals surface area contributed by atoms with Crippen LogP contribution in [0.3, 0.4) is 0 Å². The highest BCUT2D eigenvalue weighted by Gasteiger charge is 2.32. The molecule has 1 aromatic heterocycles. The Bertz CT molecular complexity index is 946. The smallest absolute Gasteiger partial charge is 0.309 e. The summed E-state index contributed by atoms with van der Waals surface area (Å²) < 4.78 is 16.9. The fourth-order valence-electron chi connectivity index (χ4n) is 3.65. The number of benzene rings is 1. The Kier molecular flexibility index (Phi) is 9.97. The molecule has 2 aromatic rings. The van der Waals surface area contributed by atoms with Crippen molar-refractivity contribution in [3.8, 4) is 17.2 Å². The fourth-order valence-corrected chi connectivity index (χ4v) is 3.83. The molecule has 33 heavy (non-hydrogen) atoms. The lowest BCUT2D eigenvalue weighted by atomic mass is 9.92. The minimum absolute atomic E-state index is 0.138. The van der Waals surface area contributed by atoms with Crippen molar-refractivity contribution in [2.24, 2.45) is 11.8 Å². The largest absolute Gasteiger partial charge is 0.503 e. The first-order chi connectivity index (χ1) is 15.7. The molecular formula is C25H32ClNO6. The molecule has 0 radical (unpaired) electrons. The number of methoxy groups -OCH3 is 1. The van der Waals surface area contributed by atoms with Crippen molar-refractivity contribution in [1.29, 1.82) is 0 Å². The predicted molar refractivity (Wildman–Crippen MR) is 126 cm³/mol. The van der Waals surface area contributed by atoms with Crippen LogP contribution >= 0.6 is 11.6 Å². The molecule has 1 aromatic carbocycles. The van der Waals surface area contributed by atoms with E-state index in [0.717, 1.165) is 12.8 Å². The number of halogens is 1. The number of carbonyl (C=O) groups is 2. The maximum Gasteiger partial charge on any atom is 0.309 e. The quantitative estimate of drug-likeness (QED) is 0.319. The molecule has 0 aliphatic heterocycles. The monoisotopic (exact) mass is 477 g/mol. The molecule has 0 saturated heterocycles. The van der Waals surface area contributed by atoms with E-state index in [1.54, 1.807) is 26.0 Å². The summed E-state index contributed by atoms with van der Waals surface area (Å²) >= 11 is 6.26. The lowest BCUT2D eigenvalue weighted by Crippen LogP contribution is -2.40. The summed E-state index contributed by atoms with van der Waals surface area (Å²) in [5.74, 6) is -1.29. The van der Waals surface area contributed by atoms with Gasteiger partial charge in [0.15, 0.2) is 23.0 Å². The first kappa shape index (κ1) is 26.5. The lowest BCUT2D eigenvalue weighted by molar-refractivity contribution is -0.158. The second-order valence-electron chi connectivity index (χ2n) is 7.97. The Morgan fingerprint density at radius 3 is 2.36 bits per heavy atom. The average Bonchev–Trinajstić information content (AvgIpc) is 2.80. The maximum absolute atomic E-state index is 12.8. The highest BCUT2D eigenvalue weighted by Crippen LogP contribution is 2.31. The summed E-state index contributed by atoms with van der Waals surface area (Å²) in [7, 11) is 1.38. The number of rotatable bonds is 12. The predicted octanol–water partition coefficient (Wildman–Crippen LogP) is 5.47. The fraction of sp³-hybridized carbons (Fsp3) is 0.480. The number of pyridine rings is 1. The van der Waals surface area contributed by atoms with Crippen LogP contribution in [-0.2, 0) is 9.53 Å². The zero-order chi connectivity index (χ0) is 24.5. The van der Waals surface area contributed by atoms with Gasteiger partial charge in [0.2, 0.25) is 0 Å². The maximum atomic E-state index is 12.8. The number of hydrogen-bond acceptors (Lipinski definition) is 7. The molecule has 1 N–H and O–H groups in total. The van der Waals surface area contributed by atoms with E-state index >= 15 is 0 Å². The van der Waals surface area contributed by atoms with Gasteiger partial charge in [-0.05, 0) is 37.8 Å². The van der Waals surface area contributed by atoms with Crippen molar-refractivity contribution in [1.82, 2.24) is 4.98 Å². The highest BCUT2D eigenvalue weighted by molar-refractivity contribution is 6.32. The molecule has 8 heteroatoms. The minimum atomic E-state index is -0.741. The average molecular weight is 478 g/mol. The Labute approximate surface area is 200 Å². The van der Waals surface area contributed by atoms with Gasteiger partial charge in [-0.3, -0.25) is 9.59 Å². The number of aromatic nitrogens is 1. The van der Waals surface area contributed by atoms with E-state index in [9.17, 15) is 14.7 Å². The Morgan fingerprint density at radius 2 is 1.76 bits per heavy atom. The van der Waals surface area contributed by atoms with Gasteiger partial charge in [-0.15, -0.1) is 0 Å². The number of para-hydroxylation sites is 1. The number of hydrogen-bond donors (Lipinski definition) is 1. The third-order valence-electron chi connectivity index (χ3n) is 5.64. The second-order valence-corrected chi connectivity index (χ2v) is 8.38. The summed E-state index contributed by atoms with van der Waals surface area (Å²) in [6.07, 6.45) is 1.89. The highest BCUT2D eigenvalue weighted by atomic mass is 35.5. The van der Waals surface area contributed by atoms with Crippen molar-refractivity contribution < 1.29 is 28.9 Å². The molecule has 0 unspecified atom stereocenters. The van der Waals surface area contributed by atoms with Crippen LogP contribution in [0, 0.1) is 11.8 Å². The Balaban J connectivity index is 2.10. The van der Waals surface area contributed by atoms with Crippen molar-refractivity contribution in [2.75, 3.05) is 7.11 Å². The standard InChI is InChI=1S/C25H32ClNO6/c1-6-17(7-2)24(33-20-11-9-8-10-18(20)26)16(4)32-25(30)15(3)14-19(28)22-23(29)21(31-5)12-13-27-22/h8-13,15-17,24,29H,6-7,14H2,1-5H3/t15-,16+,24+/m1/s1. The summed E-state index contributed by atoms with van der Waals surface area (Å²) in [5, 5.41) is 10.6. The summed E-state index contributed by atoms with van der Waals surface area (Å²) in [6.45, 7) is 7.49. The summed E-state index contributed by atoms with van der Waals surface area (Å²) in [4.78, 5) is 29.3. The van der Waals surface area contributed by atoms with Crippen LogP contribution in [0.15, 0.2) is 36.5 Å². The van der Waals surface area contributed by atoms with Gasteiger partial charge in [-0.25, -0.2) is 4.98 Å². The zero-order valence-electron chi connectivity index (χ0n) is 19.7. The van der Waals surface area contributed by atoms with E-state index in [1.807, 2.05) is 12.1 Å². The third-order valence-corrected chi connectivity index (χ3v) is 5.96. The molecule has 0 spiro atoms. The molecular weight excluding hydrogens is 446 g/mol. The number of ketones is 1. The first-order valence-corrected chi connectivity index (χ1v) is 11.5. The first-order valence-electron chi connectivity index (χ1n) is 11.1. The van der Waals surface area contributed by atoms with E-state index in [-0.39, 0.29) is 29.5 Å². The molecule has 0 saturated carbocycles. The van der Waals surface area contributed by atoms with Crippen molar-refractivity contribution in [3.05, 3.63) is 47.2 Å². The van der Waals surface area contributed by atoms with E-state index in [2.05, 4.69) is 18.8 Å². The molecule has 0 aliphatic rings. The van der Waals surface area contributed by atoms with Crippen LogP contribution in [0.1, 0.15) is 57.4 Å². The van der Waals surface area contributed by atoms with Crippen molar-refractivity contribution >= 4 is 23.4 Å². The number of esters is 1.